The van der Waals surface area contributed by atoms with Crippen molar-refractivity contribution in [2.24, 2.45) is 0 Å². The van der Waals surface area contributed by atoms with E-state index in [4.69, 9.17) is 4.74 Å². The summed E-state index contributed by atoms with van der Waals surface area (Å²) in [5.74, 6) is 0.342. The van der Waals surface area contributed by atoms with Crippen molar-refractivity contribution in [3.63, 3.8) is 0 Å². The number of H-pyrrole nitrogens is 1. The fraction of sp³-hybridized carbons (Fsp3) is 0.214. The van der Waals surface area contributed by atoms with Crippen LogP contribution in [-0.2, 0) is 6.42 Å². The van der Waals surface area contributed by atoms with Gasteiger partial charge < -0.3 is 25.7 Å². The third-order valence-corrected chi connectivity index (χ3v) is 5.65. The number of unbranched alkanes of at least 4 members (excludes halogenated alkanes) is 1. The molecule has 0 aliphatic heterocycles. The van der Waals surface area contributed by atoms with E-state index in [-0.39, 0.29) is 5.91 Å². The maximum atomic E-state index is 12.9. The number of rotatable bonds is 10. The van der Waals surface area contributed by atoms with Gasteiger partial charge >= 0.3 is 6.09 Å². The van der Waals surface area contributed by atoms with Crippen molar-refractivity contribution >= 4 is 34.3 Å². The zero-order chi connectivity index (χ0) is 24.5. The molecule has 0 saturated carbocycles. The molecule has 7 heteroatoms. The number of carbonyl (C=O) groups is 2. The van der Waals surface area contributed by atoms with E-state index in [1.165, 1.54) is 0 Å². The normalized spacial score (nSPS) is 10.7. The topological polar surface area (TPSA) is 95.2 Å². The van der Waals surface area contributed by atoms with E-state index in [0.717, 1.165) is 40.7 Å². The number of fused-ring (bicyclic) bond motifs is 1. The standard InChI is InChI=1S/C28H30N4O3/c1-2-3-16-30-28(34)35-22-13-14-25-24(18-22)20(19-31-25)15-17-29-27(33)23-11-7-8-12-26(23)32-21-9-5-4-6-10-21/h4-14,18-19,31-32H,2-3,15-17H2,1H3,(H,29,33)(H,30,34). The molecule has 0 fully saturated rings. The summed E-state index contributed by atoms with van der Waals surface area (Å²) in [5.41, 5.74) is 4.24. The molecule has 2 amide bonds. The van der Waals surface area contributed by atoms with Crippen molar-refractivity contribution in [2.45, 2.75) is 26.2 Å². The smallest absolute Gasteiger partial charge is 0.410 e. The molecule has 0 unspecified atom stereocenters. The van der Waals surface area contributed by atoms with Gasteiger partial charge in [-0.25, -0.2) is 4.79 Å². The lowest BCUT2D eigenvalue weighted by Gasteiger charge is -2.12. The Balaban J connectivity index is 1.37. The third kappa shape index (κ3) is 6.41. The molecule has 0 aliphatic rings. The summed E-state index contributed by atoms with van der Waals surface area (Å²) in [4.78, 5) is 28.1. The van der Waals surface area contributed by atoms with Crippen molar-refractivity contribution in [2.75, 3.05) is 18.4 Å². The van der Waals surface area contributed by atoms with Crippen molar-refractivity contribution in [1.29, 1.82) is 0 Å². The maximum absolute atomic E-state index is 12.9. The van der Waals surface area contributed by atoms with Gasteiger partial charge in [-0.3, -0.25) is 4.79 Å². The molecule has 0 aliphatic carbocycles. The third-order valence-electron chi connectivity index (χ3n) is 5.65. The second kappa shape index (κ2) is 11.7. The Hall–Kier alpha value is -4.26. The van der Waals surface area contributed by atoms with Crippen LogP contribution >= 0.6 is 0 Å². The Labute approximate surface area is 204 Å². The van der Waals surface area contributed by atoms with E-state index < -0.39 is 6.09 Å². The Morgan fingerprint density at radius 2 is 1.71 bits per heavy atom. The van der Waals surface area contributed by atoms with Gasteiger partial charge in [0.25, 0.3) is 5.91 Å². The number of aromatic amines is 1. The zero-order valence-corrected chi connectivity index (χ0v) is 19.8. The first-order valence-electron chi connectivity index (χ1n) is 11.9. The first-order valence-corrected chi connectivity index (χ1v) is 11.9. The summed E-state index contributed by atoms with van der Waals surface area (Å²) in [6, 6.07) is 22.7. The number of para-hydroxylation sites is 2. The number of nitrogens with one attached hydrogen (secondary N) is 4. The van der Waals surface area contributed by atoms with Crippen molar-refractivity contribution in [1.82, 2.24) is 15.6 Å². The molecule has 0 radical (unpaired) electrons. The van der Waals surface area contributed by atoms with E-state index in [1.54, 1.807) is 6.07 Å². The van der Waals surface area contributed by atoms with Gasteiger partial charge in [-0.1, -0.05) is 43.7 Å². The average Bonchev–Trinajstić information content (AvgIpc) is 3.27. The molecular formula is C28H30N4O3. The van der Waals surface area contributed by atoms with Crippen molar-refractivity contribution < 1.29 is 14.3 Å². The minimum absolute atomic E-state index is 0.142. The van der Waals surface area contributed by atoms with Gasteiger partial charge in [-0.2, -0.15) is 0 Å². The number of anilines is 2. The number of amides is 2. The zero-order valence-electron chi connectivity index (χ0n) is 19.8. The highest BCUT2D eigenvalue weighted by Crippen LogP contribution is 2.24. The number of aromatic nitrogens is 1. The Kier molecular flexibility index (Phi) is 8.01. The lowest BCUT2D eigenvalue weighted by Crippen LogP contribution is -2.27. The first-order chi connectivity index (χ1) is 17.1. The largest absolute Gasteiger partial charge is 0.412 e. The van der Waals surface area contributed by atoms with Crippen molar-refractivity contribution in [3.05, 3.63) is 90.1 Å². The van der Waals surface area contributed by atoms with Crippen molar-refractivity contribution in [3.8, 4) is 5.75 Å². The molecule has 1 aromatic heterocycles. The van der Waals surface area contributed by atoms with Crippen LogP contribution < -0.4 is 20.7 Å². The van der Waals surface area contributed by atoms with Gasteiger partial charge in [0.05, 0.1) is 11.3 Å². The number of hydrogen-bond acceptors (Lipinski definition) is 4. The number of hydrogen-bond donors (Lipinski definition) is 4. The summed E-state index contributed by atoms with van der Waals surface area (Å²) >= 11 is 0. The average molecular weight is 471 g/mol. The number of benzene rings is 3. The van der Waals surface area contributed by atoms with Crippen LogP contribution in [0.5, 0.6) is 5.75 Å². The van der Waals surface area contributed by atoms with Gasteiger partial charge in [-0.15, -0.1) is 0 Å². The predicted molar refractivity (Wildman–Crippen MR) is 139 cm³/mol. The Bertz CT molecular complexity index is 1280. The highest BCUT2D eigenvalue weighted by atomic mass is 16.6. The van der Waals surface area contributed by atoms with E-state index >= 15 is 0 Å². The number of ether oxygens (including phenoxy) is 1. The predicted octanol–water partition coefficient (Wildman–Crippen LogP) is 5.77. The Morgan fingerprint density at radius 3 is 2.54 bits per heavy atom. The molecule has 4 aromatic rings. The molecule has 0 atom stereocenters. The molecule has 180 valence electrons. The van der Waals surface area contributed by atoms with E-state index in [2.05, 4.69) is 27.9 Å². The van der Waals surface area contributed by atoms with E-state index in [9.17, 15) is 9.59 Å². The SMILES string of the molecule is CCCCNC(=O)Oc1ccc2[nH]cc(CCNC(=O)c3ccccc3Nc3ccccc3)c2c1. The highest BCUT2D eigenvalue weighted by Gasteiger charge is 2.12. The van der Waals surface area contributed by atoms with Gasteiger partial charge in [0.1, 0.15) is 5.75 Å². The molecule has 35 heavy (non-hydrogen) atoms. The summed E-state index contributed by atoms with van der Waals surface area (Å²) in [7, 11) is 0. The Morgan fingerprint density at radius 1 is 0.914 bits per heavy atom. The van der Waals surface area contributed by atoms with Crippen LogP contribution in [0.25, 0.3) is 10.9 Å². The molecule has 1 heterocycles. The monoisotopic (exact) mass is 470 g/mol. The minimum atomic E-state index is -0.454. The van der Waals surface area contributed by atoms with Crippen LogP contribution in [0.2, 0.25) is 0 Å². The van der Waals surface area contributed by atoms with Crippen LogP contribution in [0.1, 0.15) is 35.7 Å². The second-order valence-corrected chi connectivity index (χ2v) is 8.23. The molecule has 3 aromatic carbocycles. The maximum Gasteiger partial charge on any atom is 0.412 e. The summed E-state index contributed by atoms with van der Waals surface area (Å²) in [6.45, 7) is 3.13. The summed E-state index contributed by atoms with van der Waals surface area (Å²) in [5, 5.41) is 10.0. The van der Waals surface area contributed by atoms with E-state index in [0.29, 0.717) is 30.8 Å². The van der Waals surface area contributed by atoms with Gasteiger partial charge in [0, 0.05) is 35.9 Å². The van der Waals surface area contributed by atoms with Gasteiger partial charge in [0.2, 0.25) is 0 Å². The number of carbonyl (C=O) groups excluding carboxylic acids is 2. The lowest BCUT2D eigenvalue weighted by molar-refractivity contribution is 0.0955. The fourth-order valence-electron chi connectivity index (χ4n) is 3.81. The molecule has 4 rings (SSSR count). The lowest BCUT2D eigenvalue weighted by atomic mass is 10.1. The second-order valence-electron chi connectivity index (χ2n) is 8.23. The summed E-state index contributed by atoms with van der Waals surface area (Å²) < 4.78 is 5.42. The molecule has 0 spiro atoms. The van der Waals surface area contributed by atoms with E-state index in [1.807, 2.05) is 72.9 Å². The highest BCUT2D eigenvalue weighted by molar-refractivity contribution is 6.00. The van der Waals surface area contributed by atoms with Crippen LogP contribution in [0.15, 0.2) is 79.0 Å². The summed E-state index contributed by atoms with van der Waals surface area (Å²) in [6.07, 6.45) is 4.02. The molecule has 0 saturated heterocycles. The first kappa shape index (κ1) is 23.9. The van der Waals surface area contributed by atoms with Crippen LogP contribution in [-0.4, -0.2) is 30.1 Å². The van der Waals surface area contributed by atoms with Crippen LogP contribution in [0.4, 0.5) is 16.2 Å². The molecular weight excluding hydrogens is 440 g/mol. The molecule has 7 nitrogen and oxygen atoms in total. The van der Waals surface area contributed by atoms with Crippen LogP contribution in [0, 0.1) is 0 Å². The minimum Gasteiger partial charge on any atom is -0.410 e. The fourth-order valence-corrected chi connectivity index (χ4v) is 3.81. The van der Waals surface area contributed by atoms with Gasteiger partial charge in [-0.05, 0) is 60.9 Å². The molecule has 4 N–H and O–H groups in total. The molecule has 0 bridgehead atoms. The van der Waals surface area contributed by atoms with Gasteiger partial charge in [0.15, 0.2) is 0 Å². The quantitative estimate of drug-likeness (QED) is 0.221. The van der Waals surface area contributed by atoms with Crippen LogP contribution in [0.3, 0.4) is 0 Å².